The first-order valence-electron chi connectivity index (χ1n) is 7.37. The third-order valence-corrected chi connectivity index (χ3v) is 3.86. The van der Waals surface area contributed by atoms with Gasteiger partial charge in [0.05, 0.1) is 10.9 Å². The van der Waals surface area contributed by atoms with Gasteiger partial charge in [-0.15, -0.1) is 0 Å². The van der Waals surface area contributed by atoms with Crippen LogP contribution in [0.3, 0.4) is 0 Å². The number of fused-ring (bicyclic) bond motifs is 1. The van der Waals surface area contributed by atoms with Gasteiger partial charge in [0.1, 0.15) is 17.1 Å². The number of Topliss-reactive ketones (excluding diaryl/α,β-unsaturated/α-hetero) is 1. The molecule has 4 nitrogen and oxygen atoms in total. The molecule has 1 aromatic heterocycles. The molecule has 0 aliphatic heterocycles. The van der Waals surface area contributed by atoms with E-state index in [1.807, 2.05) is 30.3 Å². The minimum atomic E-state index is -0.615. The predicted molar refractivity (Wildman–Crippen MR) is 94.9 cm³/mol. The third-order valence-electron chi connectivity index (χ3n) is 3.86. The topological polar surface area (TPSA) is 67.5 Å². The van der Waals surface area contributed by atoms with Crippen LogP contribution in [0, 0.1) is 0 Å². The summed E-state index contributed by atoms with van der Waals surface area (Å²) >= 11 is 0. The fourth-order valence-corrected chi connectivity index (χ4v) is 2.81. The SMILES string of the molecule is CC(=O)CC(c1ccccc1)c1c(O)c2ccccc2oc1=O.[LiH]. The molecule has 0 fully saturated rings. The summed E-state index contributed by atoms with van der Waals surface area (Å²) in [5.41, 5.74) is 0.635. The predicted octanol–water partition coefficient (Wildman–Crippen LogP) is 2.96. The fraction of sp³-hybridized carbons (Fsp3) is 0.158. The van der Waals surface area contributed by atoms with Gasteiger partial charge in [0.25, 0.3) is 0 Å². The van der Waals surface area contributed by atoms with E-state index in [-0.39, 0.29) is 42.4 Å². The molecule has 1 atom stereocenters. The van der Waals surface area contributed by atoms with E-state index in [4.69, 9.17) is 4.42 Å². The summed E-state index contributed by atoms with van der Waals surface area (Å²) in [5, 5.41) is 11.1. The summed E-state index contributed by atoms with van der Waals surface area (Å²) in [6.07, 6.45) is 0.126. The Morgan fingerprint density at radius 3 is 2.38 bits per heavy atom. The molecule has 0 aliphatic carbocycles. The first-order chi connectivity index (χ1) is 11.1. The molecule has 24 heavy (non-hydrogen) atoms. The van der Waals surface area contributed by atoms with Crippen molar-refractivity contribution in [1.82, 2.24) is 0 Å². The van der Waals surface area contributed by atoms with Crippen molar-refractivity contribution in [3.8, 4) is 5.75 Å². The van der Waals surface area contributed by atoms with E-state index >= 15 is 0 Å². The fourth-order valence-electron chi connectivity index (χ4n) is 2.81. The van der Waals surface area contributed by atoms with Crippen LogP contribution in [0.4, 0.5) is 0 Å². The molecule has 0 radical (unpaired) electrons. The molecule has 2 aromatic carbocycles. The van der Waals surface area contributed by atoms with Gasteiger partial charge in [0.2, 0.25) is 0 Å². The number of benzene rings is 2. The van der Waals surface area contributed by atoms with Gasteiger partial charge in [-0.1, -0.05) is 42.5 Å². The maximum atomic E-state index is 12.4. The van der Waals surface area contributed by atoms with E-state index in [1.165, 1.54) is 6.92 Å². The van der Waals surface area contributed by atoms with Crippen LogP contribution >= 0.6 is 0 Å². The van der Waals surface area contributed by atoms with Crippen LogP contribution in [0.15, 0.2) is 63.8 Å². The van der Waals surface area contributed by atoms with Crippen molar-refractivity contribution in [1.29, 1.82) is 0 Å². The zero-order valence-electron chi connectivity index (χ0n) is 12.7. The second kappa shape index (κ2) is 7.52. The summed E-state index contributed by atoms with van der Waals surface area (Å²) in [7, 11) is 0. The average Bonchev–Trinajstić information content (AvgIpc) is 2.54. The number of hydrogen-bond donors (Lipinski definition) is 1. The molecule has 0 saturated carbocycles. The summed E-state index contributed by atoms with van der Waals surface area (Å²) in [5.74, 6) is -0.715. The van der Waals surface area contributed by atoms with E-state index in [2.05, 4.69) is 0 Å². The first-order valence-corrected chi connectivity index (χ1v) is 7.37. The van der Waals surface area contributed by atoms with Gasteiger partial charge in [-0.25, -0.2) is 4.79 Å². The van der Waals surface area contributed by atoms with Crippen molar-refractivity contribution < 1.29 is 14.3 Å². The van der Waals surface area contributed by atoms with Crippen LogP contribution < -0.4 is 5.63 Å². The van der Waals surface area contributed by atoms with Gasteiger partial charge in [-0.05, 0) is 24.6 Å². The van der Waals surface area contributed by atoms with E-state index in [1.54, 1.807) is 24.3 Å². The van der Waals surface area contributed by atoms with Crippen LogP contribution in [0.1, 0.15) is 30.4 Å². The number of ketones is 1. The zero-order valence-corrected chi connectivity index (χ0v) is 12.7. The average molecular weight is 316 g/mol. The van der Waals surface area contributed by atoms with Crippen LogP contribution in [0.5, 0.6) is 5.75 Å². The van der Waals surface area contributed by atoms with Crippen molar-refractivity contribution in [3.63, 3.8) is 0 Å². The number of carbonyl (C=O) groups is 1. The molecule has 1 heterocycles. The van der Waals surface area contributed by atoms with Crippen molar-refractivity contribution >= 4 is 35.6 Å². The first kappa shape index (κ1) is 18.1. The second-order valence-electron chi connectivity index (χ2n) is 5.52. The molecule has 3 aromatic rings. The van der Waals surface area contributed by atoms with Gasteiger partial charge in [-0.2, -0.15) is 0 Å². The Morgan fingerprint density at radius 1 is 1.08 bits per heavy atom. The number of carbonyl (C=O) groups excluding carboxylic acids is 1. The monoisotopic (exact) mass is 316 g/mol. The molecule has 3 rings (SSSR count). The van der Waals surface area contributed by atoms with Gasteiger partial charge in [-0.3, -0.25) is 4.79 Å². The molecule has 0 aliphatic rings. The molecular weight excluding hydrogens is 299 g/mol. The molecule has 5 heteroatoms. The Balaban J connectivity index is 0.00000208. The van der Waals surface area contributed by atoms with Gasteiger partial charge in [0.15, 0.2) is 0 Å². The summed E-state index contributed by atoms with van der Waals surface area (Å²) in [6.45, 7) is 1.47. The number of rotatable bonds is 4. The normalized spacial score (nSPS) is 11.7. The maximum absolute atomic E-state index is 12.4. The molecule has 1 N–H and O–H groups in total. The van der Waals surface area contributed by atoms with Crippen molar-refractivity contribution in [2.24, 2.45) is 0 Å². The van der Waals surface area contributed by atoms with Gasteiger partial charge in [0, 0.05) is 12.3 Å². The van der Waals surface area contributed by atoms with Crippen LogP contribution in [-0.4, -0.2) is 29.8 Å². The standard InChI is InChI=1S/C19H16O4.Li.H/c1-12(20)11-15(13-7-3-2-4-8-13)17-18(21)14-9-5-6-10-16(14)23-19(17)22;;/h2-10,15,21H,11H2,1H3;;. The van der Waals surface area contributed by atoms with Gasteiger partial charge >= 0.3 is 24.5 Å². The quantitative estimate of drug-likeness (QED) is 0.593. The Hall–Kier alpha value is -2.28. The van der Waals surface area contributed by atoms with E-state index in [0.29, 0.717) is 11.0 Å². The van der Waals surface area contributed by atoms with Crippen molar-refractivity contribution in [2.45, 2.75) is 19.3 Å². The van der Waals surface area contributed by atoms with Crippen molar-refractivity contribution in [2.75, 3.05) is 0 Å². The molecule has 0 saturated heterocycles. The molecule has 0 amide bonds. The molecular formula is C19H17LiO4. The Bertz CT molecular complexity index is 916. The number of aromatic hydroxyl groups is 1. The Labute approximate surface area is 151 Å². The van der Waals surface area contributed by atoms with Crippen LogP contribution in [0.2, 0.25) is 0 Å². The van der Waals surface area contributed by atoms with Gasteiger partial charge < -0.3 is 9.52 Å². The number of hydrogen-bond acceptors (Lipinski definition) is 4. The van der Waals surface area contributed by atoms with E-state index in [0.717, 1.165) is 5.56 Å². The van der Waals surface area contributed by atoms with E-state index in [9.17, 15) is 14.7 Å². The second-order valence-corrected chi connectivity index (χ2v) is 5.52. The van der Waals surface area contributed by atoms with Crippen LogP contribution in [0.25, 0.3) is 11.0 Å². The minimum absolute atomic E-state index is 0. The summed E-state index contributed by atoms with van der Waals surface area (Å²) in [6, 6.07) is 16.0. The molecule has 0 spiro atoms. The Morgan fingerprint density at radius 2 is 1.71 bits per heavy atom. The van der Waals surface area contributed by atoms with Crippen LogP contribution in [-0.2, 0) is 4.79 Å². The molecule has 118 valence electrons. The summed E-state index contributed by atoms with van der Waals surface area (Å²) in [4.78, 5) is 24.1. The third kappa shape index (κ3) is 3.45. The van der Waals surface area contributed by atoms with Crippen molar-refractivity contribution in [3.05, 3.63) is 76.1 Å². The molecule has 1 unspecified atom stereocenters. The summed E-state index contributed by atoms with van der Waals surface area (Å²) < 4.78 is 5.33. The zero-order chi connectivity index (χ0) is 16.4. The number of para-hydroxylation sites is 1. The van der Waals surface area contributed by atoms with E-state index < -0.39 is 11.5 Å². The Kier molecular flexibility index (Phi) is 5.66. The molecule has 0 bridgehead atoms.